The van der Waals surface area contributed by atoms with Crippen LogP contribution >= 0.6 is 11.3 Å². The lowest BCUT2D eigenvalue weighted by molar-refractivity contribution is -0.117. The molecular weight excluding hydrogens is 234 g/mol. The number of carbonyl (C=O) groups excluding carboxylic acids is 1. The summed E-state index contributed by atoms with van der Waals surface area (Å²) in [5.74, 6) is -0.0173. The smallest absolute Gasteiger partial charge is 0.244 e. The number of hydrogen-bond donors (Lipinski definition) is 2. The van der Waals surface area contributed by atoms with Crippen molar-refractivity contribution in [2.45, 2.75) is 26.9 Å². The summed E-state index contributed by atoms with van der Waals surface area (Å²) in [5.41, 5.74) is 1.17. The largest absolute Gasteiger partial charge is 0.391 e. The molecule has 0 aliphatic rings. The summed E-state index contributed by atoms with van der Waals surface area (Å²) >= 11 is 1.60. The molecule has 1 aromatic rings. The first-order valence-electron chi connectivity index (χ1n) is 5.68. The molecule has 1 unspecified atom stereocenters. The number of hydrogen-bond acceptors (Lipinski definition) is 3. The van der Waals surface area contributed by atoms with Crippen LogP contribution < -0.4 is 5.32 Å². The van der Waals surface area contributed by atoms with Crippen LogP contribution in [0.15, 0.2) is 17.5 Å². The van der Waals surface area contributed by atoms with Crippen LogP contribution in [0.4, 0.5) is 0 Å². The normalized spacial score (nSPS) is 13.2. The maximum Gasteiger partial charge on any atom is 0.244 e. The van der Waals surface area contributed by atoms with Crippen LogP contribution in [0.5, 0.6) is 0 Å². The van der Waals surface area contributed by atoms with E-state index in [0.29, 0.717) is 6.54 Å². The van der Waals surface area contributed by atoms with Crippen LogP contribution in [-0.4, -0.2) is 23.7 Å². The molecule has 0 aromatic carbocycles. The third-order valence-electron chi connectivity index (χ3n) is 2.54. The fourth-order valence-corrected chi connectivity index (χ4v) is 2.03. The minimum Gasteiger partial charge on any atom is -0.391 e. The monoisotopic (exact) mass is 253 g/mol. The van der Waals surface area contributed by atoms with Crippen LogP contribution in [0.1, 0.15) is 24.3 Å². The van der Waals surface area contributed by atoms with Crippen molar-refractivity contribution in [3.8, 4) is 0 Å². The number of aliphatic hydroxyl groups is 1. The van der Waals surface area contributed by atoms with Gasteiger partial charge < -0.3 is 10.4 Å². The highest BCUT2D eigenvalue weighted by atomic mass is 32.1. The molecule has 2 N–H and O–H groups in total. The molecule has 1 atom stereocenters. The van der Waals surface area contributed by atoms with Gasteiger partial charge in [-0.1, -0.05) is 13.8 Å². The number of aryl methyl sites for hydroxylation is 1. The Morgan fingerprint density at radius 3 is 2.82 bits per heavy atom. The number of nitrogens with one attached hydrogen (secondary N) is 1. The SMILES string of the molecule is Cc1ccsc1/C=C/C(=O)NCC(O)C(C)C. The molecule has 0 spiro atoms. The van der Waals surface area contributed by atoms with Crippen molar-refractivity contribution < 1.29 is 9.90 Å². The van der Waals surface area contributed by atoms with E-state index in [9.17, 15) is 9.90 Å². The summed E-state index contributed by atoms with van der Waals surface area (Å²) in [4.78, 5) is 12.6. The van der Waals surface area contributed by atoms with Crippen molar-refractivity contribution in [3.63, 3.8) is 0 Å². The molecule has 3 nitrogen and oxygen atoms in total. The summed E-state index contributed by atoms with van der Waals surface area (Å²) < 4.78 is 0. The molecule has 4 heteroatoms. The van der Waals surface area contributed by atoms with Gasteiger partial charge in [-0.2, -0.15) is 0 Å². The number of carbonyl (C=O) groups is 1. The van der Waals surface area contributed by atoms with Crippen molar-refractivity contribution in [2.24, 2.45) is 5.92 Å². The van der Waals surface area contributed by atoms with Crippen LogP contribution in [-0.2, 0) is 4.79 Å². The Hall–Kier alpha value is -1.13. The van der Waals surface area contributed by atoms with Gasteiger partial charge in [0.1, 0.15) is 0 Å². The second kappa shape index (κ2) is 6.57. The lowest BCUT2D eigenvalue weighted by atomic mass is 10.1. The molecule has 17 heavy (non-hydrogen) atoms. The van der Waals surface area contributed by atoms with Gasteiger partial charge in [0.2, 0.25) is 5.91 Å². The predicted octanol–water partition coefficient (Wildman–Crippen LogP) is 2.20. The van der Waals surface area contributed by atoms with Crippen LogP contribution in [0.3, 0.4) is 0 Å². The lowest BCUT2D eigenvalue weighted by Crippen LogP contribution is -2.33. The van der Waals surface area contributed by atoms with Crippen LogP contribution in [0.2, 0.25) is 0 Å². The van der Waals surface area contributed by atoms with Gasteiger partial charge in [-0.05, 0) is 35.9 Å². The van der Waals surface area contributed by atoms with E-state index in [4.69, 9.17) is 0 Å². The number of rotatable bonds is 5. The molecule has 0 bridgehead atoms. The van der Waals surface area contributed by atoms with Gasteiger partial charge in [0, 0.05) is 17.5 Å². The predicted molar refractivity (Wildman–Crippen MR) is 71.9 cm³/mol. The third kappa shape index (κ3) is 4.71. The molecular formula is C13H19NO2S. The van der Waals surface area contributed by atoms with E-state index in [-0.39, 0.29) is 11.8 Å². The molecule has 1 amide bonds. The summed E-state index contributed by atoms with van der Waals surface area (Å²) in [6, 6.07) is 2.02. The van der Waals surface area contributed by atoms with E-state index < -0.39 is 6.10 Å². The van der Waals surface area contributed by atoms with E-state index in [1.165, 1.54) is 11.6 Å². The van der Waals surface area contributed by atoms with Gasteiger partial charge in [0.25, 0.3) is 0 Å². The molecule has 1 aromatic heterocycles. The molecule has 1 heterocycles. The van der Waals surface area contributed by atoms with Crippen molar-refractivity contribution >= 4 is 23.3 Å². The zero-order valence-corrected chi connectivity index (χ0v) is 11.3. The molecule has 0 radical (unpaired) electrons. The van der Waals surface area contributed by atoms with Crippen molar-refractivity contribution in [3.05, 3.63) is 28.0 Å². The van der Waals surface area contributed by atoms with Gasteiger partial charge in [-0.3, -0.25) is 4.79 Å². The summed E-state index contributed by atoms with van der Waals surface area (Å²) in [6.07, 6.45) is 2.82. The van der Waals surface area contributed by atoms with E-state index in [2.05, 4.69) is 5.32 Å². The molecule has 0 saturated heterocycles. The average Bonchev–Trinajstić information content (AvgIpc) is 2.68. The molecule has 0 fully saturated rings. The van der Waals surface area contributed by atoms with E-state index in [1.54, 1.807) is 17.4 Å². The van der Waals surface area contributed by atoms with Gasteiger partial charge in [-0.15, -0.1) is 11.3 Å². The Morgan fingerprint density at radius 2 is 2.29 bits per heavy atom. The van der Waals surface area contributed by atoms with Gasteiger partial charge in [0.05, 0.1) is 6.10 Å². The average molecular weight is 253 g/mol. The maximum atomic E-state index is 11.5. The first kappa shape index (κ1) is 13.9. The molecule has 0 aliphatic heterocycles. The van der Waals surface area contributed by atoms with E-state index >= 15 is 0 Å². The minimum atomic E-state index is -0.490. The van der Waals surface area contributed by atoms with Crippen molar-refractivity contribution in [2.75, 3.05) is 6.54 Å². The first-order valence-corrected chi connectivity index (χ1v) is 6.56. The third-order valence-corrected chi connectivity index (χ3v) is 3.53. The van der Waals surface area contributed by atoms with E-state index in [1.807, 2.05) is 32.2 Å². The molecule has 0 aliphatic carbocycles. The van der Waals surface area contributed by atoms with Gasteiger partial charge in [-0.25, -0.2) is 0 Å². The zero-order chi connectivity index (χ0) is 12.8. The molecule has 0 saturated carbocycles. The highest BCUT2D eigenvalue weighted by molar-refractivity contribution is 7.11. The quantitative estimate of drug-likeness (QED) is 0.790. The Morgan fingerprint density at radius 1 is 1.59 bits per heavy atom. The Balaban J connectivity index is 2.40. The molecule has 1 rings (SSSR count). The zero-order valence-electron chi connectivity index (χ0n) is 10.4. The van der Waals surface area contributed by atoms with Gasteiger partial charge >= 0.3 is 0 Å². The Bertz CT molecular complexity index is 396. The highest BCUT2D eigenvalue weighted by Gasteiger charge is 2.09. The minimum absolute atomic E-state index is 0.152. The standard InChI is InChI=1S/C13H19NO2S/c1-9(2)11(15)8-14-13(16)5-4-12-10(3)6-7-17-12/h4-7,9,11,15H,8H2,1-3H3,(H,14,16)/b5-4+. The van der Waals surface area contributed by atoms with E-state index in [0.717, 1.165) is 4.88 Å². The Kier molecular flexibility index (Phi) is 5.38. The maximum absolute atomic E-state index is 11.5. The Labute approximate surface area is 106 Å². The number of aliphatic hydroxyl groups excluding tert-OH is 1. The van der Waals surface area contributed by atoms with Crippen LogP contribution in [0, 0.1) is 12.8 Å². The number of thiophene rings is 1. The van der Waals surface area contributed by atoms with Crippen molar-refractivity contribution in [1.29, 1.82) is 0 Å². The first-order chi connectivity index (χ1) is 8.00. The topological polar surface area (TPSA) is 49.3 Å². The van der Waals surface area contributed by atoms with Gasteiger partial charge in [0.15, 0.2) is 0 Å². The lowest BCUT2D eigenvalue weighted by Gasteiger charge is -2.13. The number of amides is 1. The second-order valence-corrected chi connectivity index (χ2v) is 5.31. The molecule has 94 valence electrons. The fourth-order valence-electron chi connectivity index (χ4n) is 1.21. The fraction of sp³-hybridized carbons (Fsp3) is 0.462. The van der Waals surface area contributed by atoms with Crippen molar-refractivity contribution in [1.82, 2.24) is 5.32 Å². The summed E-state index contributed by atoms with van der Waals surface area (Å²) in [7, 11) is 0. The van der Waals surface area contributed by atoms with Crippen LogP contribution in [0.25, 0.3) is 6.08 Å². The summed E-state index contributed by atoms with van der Waals surface area (Å²) in [6.45, 7) is 6.14. The second-order valence-electron chi connectivity index (χ2n) is 4.36. The highest BCUT2D eigenvalue weighted by Crippen LogP contribution is 2.16. The summed E-state index contributed by atoms with van der Waals surface area (Å²) in [5, 5.41) is 14.2.